The SMILES string of the molecule is CCCN1C(=O)NC(c2ccc(NC(=O)C3CC3)cc2)C(C(=O)OC)=C1C. The van der Waals surface area contributed by atoms with Gasteiger partial charge in [-0.05, 0) is 43.9 Å². The van der Waals surface area contributed by atoms with E-state index in [9.17, 15) is 14.4 Å². The summed E-state index contributed by atoms with van der Waals surface area (Å²) in [5.41, 5.74) is 2.47. The zero-order valence-electron chi connectivity index (χ0n) is 15.9. The normalized spacial score (nSPS) is 19.6. The van der Waals surface area contributed by atoms with Gasteiger partial charge in [0.25, 0.3) is 0 Å². The number of carbonyl (C=O) groups is 3. The van der Waals surface area contributed by atoms with E-state index in [-0.39, 0.29) is 17.9 Å². The van der Waals surface area contributed by atoms with Crippen molar-refractivity contribution < 1.29 is 19.1 Å². The van der Waals surface area contributed by atoms with Crippen molar-refractivity contribution in [3.63, 3.8) is 0 Å². The second kappa shape index (κ2) is 7.82. The summed E-state index contributed by atoms with van der Waals surface area (Å²) in [5, 5.41) is 5.78. The average Bonchev–Trinajstić information content (AvgIpc) is 3.50. The zero-order chi connectivity index (χ0) is 19.6. The standard InChI is InChI=1S/C20H25N3O4/c1-4-11-23-12(2)16(19(25)27-3)17(22-20(23)26)13-7-9-15(10-8-13)21-18(24)14-5-6-14/h7-10,14,17H,4-6,11H2,1-3H3,(H,21,24)(H,22,26). The smallest absolute Gasteiger partial charge is 0.337 e. The fourth-order valence-electron chi connectivity index (χ4n) is 3.25. The second-order valence-electron chi connectivity index (χ2n) is 6.91. The van der Waals surface area contributed by atoms with Crippen molar-refractivity contribution in [2.45, 2.75) is 39.2 Å². The van der Waals surface area contributed by atoms with Gasteiger partial charge in [-0.1, -0.05) is 19.1 Å². The summed E-state index contributed by atoms with van der Waals surface area (Å²) in [7, 11) is 1.33. The van der Waals surface area contributed by atoms with E-state index >= 15 is 0 Å². The first-order valence-corrected chi connectivity index (χ1v) is 9.24. The largest absolute Gasteiger partial charge is 0.466 e. The van der Waals surface area contributed by atoms with E-state index in [4.69, 9.17) is 4.74 Å². The van der Waals surface area contributed by atoms with Crippen LogP contribution < -0.4 is 10.6 Å². The minimum atomic E-state index is -0.591. The van der Waals surface area contributed by atoms with E-state index in [1.165, 1.54) is 7.11 Å². The van der Waals surface area contributed by atoms with Crippen molar-refractivity contribution >= 4 is 23.6 Å². The van der Waals surface area contributed by atoms with E-state index in [0.717, 1.165) is 24.8 Å². The topological polar surface area (TPSA) is 87.7 Å². The molecule has 0 spiro atoms. The maximum Gasteiger partial charge on any atom is 0.337 e. The molecule has 1 aliphatic heterocycles. The summed E-state index contributed by atoms with van der Waals surface area (Å²) in [6.07, 6.45) is 2.66. The van der Waals surface area contributed by atoms with Crippen LogP contribution in [0.5, 0.6) is 0 Å². The summed E-state index contributed by atoms with van der Waals surface area (Å²) >= 11 is 0. The molecule has 1 atom stereocenters. The van der Waals surface area contributed by atoms with Gasteiger partial charge in [-0.2, -0.15) is 0 Å². The number of esters is 1. The van der Waals surface area contributed by atoms with Crippen LogP contribution >= 0.6 is 0 Å². The first kappa shape index (κ1) is 18.9. The first-order chi connectivity index (χ1) is 13.0. The third-order valence-corrected chi connectivity index (χ3v) is 4.91. The van der Waals surface area contributed by atoms with Crippen LogP contribution in [0, 0.1) is 5.92 Å². The number of anilines is 1. The number of allylic oxidation sites excluding steroid dienone is 1. The molecule has 3 rings (SSSR count). The summed E-state index contributed by atoms with van der Waals surface area (Å²) in [6.45, 7) is 4.26. The molecule has 27 heavy (non-hydrogen) atoms. The fourth-order valence-corrected chi connectivity index (χ4v) is 3.25. The van der Waals surface area contributed by atoms with Crippen LogP contribution in [-0.2, 0) is 14.3 Å². The van der Waals surface area contributed by atoms with E-state index < -0.39 is 12.0 Å². The van der Waals surface area contributed by atoms with Gasteiger partial charge in [0.1, 0.15) is 0 Å². The van der Waals surface area contributed by atoms with E-state index in [2.05, 4.69) is 10.6 Å². The fraction of sp³-hybridized carbons (Fsp3) is 0.450. The van der Waals surface area contributed by atoms with Gasteiger partial charge >= 0.3 is 12.0 Å². The van der Waals surface area contributed by atoms with Gasteiger partial charge in [0, 0.05) is 23.8 Å². The van der Waals surface area contributed by atoms with Gasteiger partial charge < -0.3 is 15.4 Å². The molecule has 0 radical (unpaired) electrons. The minimum Gasteiger partial charge on any atom is -0.466 e. The van der Waals surface area contributed by atoms with E-state index in [1.54, 1.807) is 36.1 Å². The zero-order valence-corrected chi connectivity index (χ0v) is 15.9. The first-order valence-electron chi connectivity index (χ1n) is 9.24. The molecule has 7 nitrogen and oxygen atoms in total. The molecule has 7 heteroatoms. The Bertz CT molecular complexity index is 781. The van der Waals surface area contributed by atoms with Gasteiger partial charge in [-0.25, -0.2) is 9.59 Å². The highest BCUT2D eigenvalue weighted by Crippen LogP contribution is 2.33. The van der Waals surface area contributed by atoms with E-state index in [0.29, 0.717) is 23.5 Å². The van der Waals surface area contributed by atoms with Gasteiger partial charge in [0.2, 0.25) is 5.91 Å². The number of hydrogen-bond donors (Lipinski definition) is 2. The Kier molecular flexibility index (Phi) is 5.48. The molecule has 0 aromatic heterocycles. The van der Waals surface area contributed by atoms with Gasteiger partial charge in [0.15, 0.2) is 0 Å². The molecule has 1 unspecified atom stereocenters. The molecule has 1 heterocycles. The van der Waals surface area contributed by atoms with Crippen molar-refractivity contribution in [3.05, 3.63) is 41.1 Å². The van der Waals surface area contributed by atoms with Gasteiger partial charge in [-0.15, -0.1) is 0 Å². The molecule has 2 N–H and O–H groups in total. The lowest BCUT2D eigenvalue weighted by Crippen LogP contribution is -2.48. The van der Waals surface area contributed by atoms with Crippen molar-refractivity contribution in [2.75, 3.05) is 19.0 Å². The number of carbonyl (C=O) groups excluding carboxylic acids is 3. The molecule has 3 amide bonds. The predicted octanol–water partition coefficient (Wildman–Crippen LogP) is 2.96. The van der Waals surface area contributed by atoms with Crippen LogP contribution in [0.2, 0.25) is 0 Å². The number of urea groups is 1. The van der Waals surface area contributed by atoms with Gasteiger partial charge in [-0.3, -0.25) is 9.69 Å². The van der Waals surface area contributed by atoms with Crippen molar-refractivity contribution in [1.29, 1.82) is 0 Å². The average molecular weight is 371 g/mol. The molecule has 1 aromatic carbocycles. The molecule has 1 aromatic rings. The van der Waals surface area contributed by atoms with Crippen LogP contribution in [0.1, 0.15) is 44.7 Å². The predicted molar refractivity (Wildman–Crippen MR) is 101 cm³/mol. The summed E-state index contributed by atoms with van der Waals surface area (Å²) in [6, 6.07) is 6.34. The van der Waals surface area contributed by atoms with Crippen molar-refractivity contribution in [3.8, 4) is 0 Å². The number of methoxy groups -OCH3 is 1. The monoisotopic (exact) mass is 371 g/mol. The highest BCUT2D eigenvalue weighted by Gasteiger charge is 2.36. The van der Waals surface area contributed by atoms with Crippen LogP contribution in [0.15, 0.2) is 35.5 Å². The third kappa shape index (κ3) is 3.97. The van der Waals surface area contributed by atoms with Crippen LogP contribution in [0.4, 0.5) is 10.5 Å². The highest BCUT2D eigenvalue weighted by molar-refractivity contribution is 5.95. The number of hydrogen-bond acceptors (Lipinski definition) is 4. The van der Waals surface area contributed by atoms with Crippen molar-refractivity contribution in [2.24, 2.45) is 5.92 Å². The Morgan fingerprint density at radius 1 is 1.26 bits per heavy atom. The molecule has 0 bridgehead atoms. The van der Waals surface area contributed by atoms with Crippen LogP contribution in [-0.4, -0.2) is 36.5 Å². The lowest BCUT2D eigenvalue weighted by molar-refractivity contribution is -0.136. The Labute approximate surface area is 158 Å². The second-order valence-corrected chi connectivity index (χ2v) is 6.91. The molecule has 1 aliphatic carbocycles. The van der Waals surface area contributed by atoms with Crippen LogP contribution in [0.3, 0.4) is 0 Å². The summed E-state index contributed by atoms with van der Waals surface area (Å²) in [5.74, 6) is -0.303. The maximum atomic E-state index is 12.5. The number of rotatable bonds is 6. The number of nitrogens with one attached hydrogen (secondary N) is 2. The third-order valence-electron chi connectivity index (χ3n) is 4.91. The maximum absolute atomic E-state index is 12.5. The molecular weight excluding hydrogens is 346 g/mol. The minimum absolute atomic E-state index is 0.0370. The number of amides is 3. The summed E-state index contributed by atoms with van der Waals surface area (Å²) < 4.78 is 4.95. The lowest BCUT2D eigenvalue weighted by Gasteiger charge is -2.35. The molecule has 1 saturated carbocycles. The van der Waals surface area contributed by atoms with Crippen molar-refractivity contribution in [1.82, 2.24) is 10.2 Å². The number of nitrogens with zero attached hydrogens (tertiary/aromatic N) is 1. The Hall–Kier alpha value is -2.83. The number of benzene rings is 1. The quantitative estimate of drug-likeness (QED) is 0.753. The Balaban J connectivity index is 1.87. The Morgan fingerprint density at radius 3 is 2.48 bits per heavy atom. The molecule has 2 aliphatic rings. The molecular formula is C20H25N3O4. The Morgan fingerprint density at radius 2 is 1.93 bits per heavy atom. The molecule has 1 fully saturated rings. The summed E-state index contributed by atoms with van der Waals surface area (Å²) in [4.78, 5) is 38.3. The number of ether oxygens (including phenoxy) is 1. The highest BCUT2D eigenvalue weighted by atomic mass is 16.5. The molecule has 0 saturated heterocycles. The van der Waals surface area contributed by atoms with E-state index in [1.807, 2.05) is 6.92 Å². The van der Waals surface area contributed by atoms with Gasteiger partial charge in [0.05, 0.1) is 18.7 Å². The molecule has 144 valence electrons. The van der Waals surface area contributed by atoms with Crippen LogP contribution in [0.25, 0.3) is 0 Å². The lowest BCUT2D eigenvalue weighted by atomic mass is 9.94.